The highest BCUT2D eigenvalue weighted by atomic mass is 32.2. The second kappa shape index (κ2) is 10.2. The molecule has 1 heterocycles. The van der Waals surface area contributed by atoms with Crippen molar-refractivity contribution >= 4 is 15.8 Å². The molecule has 1 rings (SSSR count). The molecule has 0 saturated carbocycles. The summed E-state index contributed by atoms with van der Waals surface area (Å²) in [4.78, 5) is 4.09. The fourth-order valence-electron chi connectivity index (χ4n) is 2.20. The first-order valence-corrected chi connectivity index (χ1v) is 10.3. The van der Waals surface area contributed by atoms with Crippen molar-refractivity contribution in [3.63, 3.8) is 0 Å². The van der Waals surface area contributed by atoms with Gasteiger partial charge in [0.1, 0.15) is 0 Å². The molecule has 0 bridgehead atoms. The quantitative estimate of drug-likeness (QED) is 0.360. The largest absolute Gasteiger partial charge is 0.379 e. The van der Waals surface area contributed by atoms with Crippen molar-refractivity contribution in [2.45, 2.75) is 50.9 Å². The van der Waals surface area contributed by atoms with Crippen LogP contribution in [0.5, 0.6) is 0 Å². The Hall–Kier alpha value is -0.860. The summed E-state index contributed by atoms with van der Waals surface area (Å²) < 4.78 is 34.4. The summed E-state index contributed by atoms with van der Waals surface area (Å²) >= 11 is 0. The van der Waals surface area contributed by atoms with Gasteiger partial charge in [0, 0.05) is 33.4 Å². The van der Waals surface area contributed by atoms with Crippen molar-refractivity contribution < 1.29 is 17.9 Å². The topological polar surface area (TPSA) is 89.0 Å². The third kappa shape index (κ3) is 7.81. The third-order valence-corrected chi connectivity index (χ3v) is 6.51. The van der Waals surface area contributed by atoms with Gasteiger partial charge in [0.15, 0.2) is 15.8 Å². The molecule has 1 aliphatic heterocycles. The molecule has 0 aliphatic carbocycles. The second-order valence-corrected chi connectivity index (χ2v) is 9.78. The first-order chi connectivity index (χ1) is 11.3. The molecule has 0 aromatic carbocycles. The number of nitrogens with one attached hydrogen (secondary N) is 2. The molecule has 7 nitrogen and oxygen atoms in total. The van der Waals surface area contributed by atoms with Crippen LogP contribution in [0.3, 0.4) is 0 Å². The summed E-state index contributed by atoms with van der Waals surface area (Å²) in [5.41, 5.74) is 0. The van der Waals surface area contributed by atoms with Gasteiger partial charge < -0.3 is 20.1 Å². The lowest BCUT2D eigenvalue weighted by molar-refractivity contribution is 0.0168. The number of guanidine groups is 1. The number of hydrogen-bond donors (Lipinski definition) is 2. The van der Waals surface area contributed by atoms with Gasteiger partial charge in [-0.15, -0.1) is 0 Å². The lowest BCUT2D eigenvalue weighted by Crippen LogP contribution is -2.42. The monoisotopic (exact) mass is 363 g/mol. The van der Waals surface area contributed by atoms with Crippen LogP contribution >= 0.6 is 0 Å². The maximum absolute atomic E-state index is 12.0. The standard InChI is InChI=1S/C16H33N3O4S/c1-16(2,3)24(20,21)12-9-19-15(17-4)18-8-6-10-22-13-14-7-5-11-23-14/h14H,5-13H2,1-4H3,(H2,17,18,19). The van der Waals surface area contributed by atoms with E-state index in [1.54, 1.807) is 27.8 Å². The van der Waals surface area contributed by atoms with Crippen LogP contribution in [0.15, 0.2) is 4.99 Å². The van der Waals surface area contributed by atoms with Crippen LogP contribution in [0.4, 0.5) is 0 Å². The molecular weight excluding hydrogens is 330 g/mol. The molecule has 1 saturated heterocycles. The van der Waals surface area contributed by atoms with Gasteiger partial charge in [-0.05, 0) is 40.0 Å². The van der Waals surface area contributed by atoms with E-state index in [-0.39, 0.29) is 11.9 Å². The molecule has 1 unspecified atom stereocenters. The molecule has 2 N–H and O–H groups in total. The van der Waals surface area contributed by atoms with Crippen LogP contribution in [0.2, 0.25) is 0 Å². The van der Waals surface area contributed by atoms with Crippen molar-refractivity contribution in [3.05, 3.63) is 0 Å². The van der Waals surface area contributed by atoms with E-state index in [0.717, 1.165) is 32.4 Å². The van der Waals surface area contributed by atoms with E-state index in [9.17, 15) is 8.42 Å². The summed E-state index contributed by atoms with van der Waals surface area (Å²) in [5, 5.41) is 6.19. The minimum Gasteiger partial charge on any atom is -0.379 e. The molecule has 0 spiro atoms. The summed E-state index contributed by atoms with van der Waals surface area (Å²) in [6.45, 7) is 8.39. The number of sulfone groups is 1. The van der Waals surface area contributed by atoms with Gasteiger partial charge in [0.05, 0.1) is 23.2 Å². The van der Waals surface area contributed by atoms with Crippen molar-refractivity contribution in [2.24, 2.45) is 4.99 Å². The van der Waals surface area contributed by atoms with Crippen LogP contribution in [0.1, 0.15) is 40.0 Å². The molecule has 8 heteroatoms. The molecule has 24 heavy (non-hydrogen) atoms. The summed E-state index contributed by atoms with van der Waals surface area (Å²) in [7, 11) is -1.45. The van der Waals surface area contributed by atoms with E-state index in [1.807, 2.05) is 0 Å². The molecule has 1 atom stereocenters. The predicted molar refractivity (Wildman–Crippen MR) is 97.3 cm³/mol. The number of hydrogen-bond acceptors (Lipinski definition) is 5. The summed E-state index contributed by atoms with van der Waals surface area (Å²) in [5.74, 6) is 0.694. The SMILES string of the molecule is CN=C(NCCCOCC1CCCO1)NCCS(=O)(=O)C(C)(C)C. The van der Waals surface area contributed by atoms with Crippen molar-refractivity contribution in [3.8, 4) is 0 Å². The van der Waals surface area contributed by atoms with Gasteiger partial charge in [-0.1, -0.05) is 0 Å². The molecule has 1 aliphatic rings. The van der Waals surface area contributed by atoms with E-state index in [1.165, 1.54) is 0 Å². The van der Waals surface area contributed by atoms with Crippen molar-refractivity contribution in [1.29, 1.82) is 0 Å². The van der Waals surface area contributed by atoms with Crippen LogP contribution in [-0.2, 0) is 19.3 Å². The Morgan fingerprint density at radius 2 is 2.00 bits per heavy atom. The maximum atomic E-state index is 12.0. The van der Waals surface area contributed by atoms with Gasteiger partial charge >= 0.3 is 0 Å². The zero-order valence-electron chi connectivity index (χ0n) is 15.4. The van der Waals surface area contributed by atoms with E-state index in [2.05, 4.69) is 15.6 Å². The molecule has 0 amide bonds. The predicted octanol–water partition coefficient (Wildman–Crippen LogP) is 0.950. The van der Waals surface area contributed by atoms with Crippen LogP contribution in [-0.4, -0.2) is 70.9 Å². The number of rotatable bonds is 9. The zero-order valence-corrected chi connectivity index (χ0v) is 16.2. The number of ether oxygens (including phenoxy) is 2. The molecule has 1 fully saturated rings. The number of aliphatic imine (C=N–C) groups is 1. The highest BCUT2D eigenvalue weighted by Gasteiger charge is 2.28. The molecule has 0 radical (unpaired) electrons. The Bertz CT molecular complexity index is 480. The lowest BCUT2D eigenvalue weighted by atomic mass is 10.2. The minimum atomic E-state index is -3.12. The zero-order chi connectivity index (χ0) is 18.1. The smallest absolute Gasteiger partial charge is 0.191 e. The third-order valence-electron chi connectivity index (χ3n) is 3.91. The average Bonchev–Trinajstić information content (AvgIpc) is 3.00. The van der Waals surface area contributed by atoms with E-state index < -0.39 is 14.6 Å². The lowest BCUT2D eigenvalue weighted by Gasteiger charge is -2.19. The second-order valence-electron chi connectivity index (χ2n) is 6.92. The molecule has 0 aromatic heterocycles. The normalized spacial score (nSPS) is 19.5. The van der Waals surface area contributed by atoms with E-state index >= 15 is 0 Å². The fourth-order valence-corrected chi connectivity index (χ4v) is 3.19. The maximum Gasteiger partial charge on any atom is 0.191 e. The van der Waals surface area contributed by atoms with E-state index in [4.69, 9.17) is 9.47 Å². The average molecular weight is 364 g/mol. The Kier molecular flexibility index (Phi) is 9.01. The Morgan fingerprint density at radius 1 is 1.29 bits per heavy atom. The van der Waals surface area contributed by atoms with Gasteiger partial charge in [0.25, 0.3) is 0 Å². The summed E-state index contributed by atoms with van der Waals surface area (Å²) in [6, 6.07) is 0. The molecule has 142 valence electrons. The van der Waals surface area contributed by atoms with Gasteiger partial charge in [0.2, 0.25) is 0 Å². The first kappa shape index (κ1) is 21.2. The van der Waals surface area contributed by atoms with Crippen LogP contribution in [0, 0.1) is 0 Å². The van der Waals surface area contributed by atoms with Crippen LogP contribution < -0.4 is 10.6 Å². The Morgan fingerprint density at radius 3 is 2.58 bits per heavy atom. The molecular formula is C16H33N3O4S. The highest BCUT2D eigenvalue weighted by Crippen LogP contribution is 2.15. The minimum absolute atomic E-state index is 0.0850. The number of nitrogens with zero attached hydrogens (tertiary/aromatic N) is 1. The van der Waals surface area contributed by atoms with Crippen molar-refractivity contribution in [1.82, 2.24) is 10.6 Å². The molecule has 0 aromatic rings. The Balaban J connectivity index is 2.10. The summed E-state index contributed by atoms with van der Waals surface area (Å²) in [6.07, 6.45) is 3.33. The van der Waals surface area contributed by atoms with Gasteiger partial charge in [-0.3, -0.25) is 4.99 Å². The van der Waals surface area contributed by atoms with Crippen molar-refractivity contribution in [2.75, 3.05) is 45.7 Å². The van der Waals surface area contributed by atoms with Gasteiger partial charge in [-0.2, -0.15) is 0 Å². The highest BCUT2D eigenvalue weighted by molar-refractivity contribution is 7.92. The van der Waals surface area contributed by atoms with Crippen LogP contribution in [0.25, 0.3) is 0 Å². The van der Waals surface area contributed by atoms with E-state index in [0.29, 0.717) is 25.7 Å². The van der Waals surface area contributed by atoms with Gasteiger partial charge in [-0.25, -0.2) is 8.42 Å². The Labute approximate surface area is 146 Å². The first-order valence-electron chi connectivity index (χ1n) is 8.62. The fraction of sp³-hybridized carbons (Fsp3) is 0.938.